The number of hydrogen-bond donors (Lipinski definition) is 1. The third kappa shape index (κ3) is 3.71. The number of methoxy groups -OCH3 is 1. The highest BCUT2D eigenvalue weighted by Crippen LogP contribution is 2.44. The third-order valence-corrected chi connectivity index (χ3v) is 6.66. The molecule has 1 N–H and O–H groups in total. The molecule has 0 aromatic heterocycles. The number of ether oxygens (including phenoxy) is 2. The van der Waals surface area contributed by atoms with Crippen LogP contribution in [-0.4, -0.2) is 42.3 Å². The normalized spacial score (nSPS) is 16.9. The van der Waals surface area contributed by atoms with Crippen LogP contribution >= 0.6 is 0 Å². The number of carbonyl (C=O) groups excluding carboxylic acids is 1. The number of aromatic carboxylic acids is 1. The second kappa shape index (κ2) is 8.62. The first kappa shape index (κ1) is 21.1. The van der Waals surface area contributed by atoms with Crippen LogP contribution in [0.1, 0.15) is 51.8 Å². The predicted octanol–water partition coefficient (Wildman–Crippen LogP) is 5.48. The Bertz CT molecular complexity index is 1180. The predicted molar refractivity (Wildman–Crippen MR) is 124 cm³/mol. The van der Waals surface area contributed by atoms with Gasteiger partial charge in [-0.2, -0.15) is 0 Å². The summed E-state index contributed by atoms with van der Waals surface area (Å²) in [4.78, 5) is 26.3. The third-order valence-electron chi connectivity index (χ3n) is 6.66. The minimum atomic E-state index is -1.04. The van der Waals surface area contributed by atoms with Gasteiger partial charge in [-0.3, -0.25) is 0 Å². The van der Waals surface area contributed by atoms with E-state index >= 15 is 0 Å². The van der Waals surface area contributed by atoms with Crippen LogP contribution in [0.25, 0.3) is 11.1 Å². The van der Waals surface area contributed by atoms with Crippen LogP contribution in [0, 0.1) is 0 Å². The summed E-state index contributed by atoms with van der Waals surface area (Å²) in [5, 5.41) is 9.34. The minimum absolute atomic E-state index is 0.0114. The molecule has 5 rings (SSSR count). The average Bonchev–Trinajstić information content (AvgIpc) is 3.45. The number of nitrogens with zero attached hydrogens (tertiary/aromatic N) is 1. The van der Waals surface area contributed by atoms with Gasteiger partial charge in [0.2, 0.25) is 0 Å². The Morgan fingerprint density at radius 2 is 1.67 bits per heavy atom. The van der Waals surface area contributed by atoms with Gasteiger partial charge in [0.05, 0.1) is 13.2 Å². The van der Waals surface area contributed by atoms with Crippen molar-refractivity contribution in [3.05, 3.63) is 89.0 Å². The zero-order chi connectivity index (χ0) is 22.9. The minimum Gasteiger partial charge on any atom is -0.496 e. The lowest BCUT2D eigenvalue weighted by atomic mass is 9.98. The number of likely N-dealkylation sites (tertiary alicyclic amines) is 1. The molecule has 2 aliphatic rings. The SMILES string of the molecule is COc1cc([C@@H]2CCCN2C(=O)OCC2c3ccccc3-c3ccccc32)ccc1C(=O)O. The van der Waals surface area contributed by atoms with E-state index in [0.717, 1.165) is 18.4 Å². The van der Waals surface area contributed by atoms with Gasteiger partial charge in [-0.05, 0) is 52.8 Å². The molecule has 1 saturated heterocycles. The van der Waals surface area contributed by atoms with Crippen LogP contribution in [-0.2, 0) is 4.74 Å². The van der Waals surface area contributed by atoms with Crippen LogP contribution in [0.5, 0.6) is 5.75 Å². The maximum Gasteiger partial charge on any atom is 0.410 e. The van der Waals surface area contributed by atoms with E-state index < -0.39 is 5.97 Å². The molecular weight excluding hydrogens is 418 g/mol. The molecule has 168 valence electrons. The highest BCUT2D eigenvalue weighted by Gasteiger charge is 2.34. The summed E-state index contributed by atoms with van der Waals surface area (Å²) in [6, 6.07) is 21.4. The number of rotatable bonds is 5. The van der Waals surface area contributed by atoms with Crippen molar-refractivity contribution in [2.75, 3.05) is 20.3 Å². The van der Waals surface area contributed by atoms with E-state index in [2.05, 4.69) is 24.3 Å². The second-order valence-corrected chi connectivity index (χ2v) is 8.42. The largest absolute Gasteiger partial charge is 0.496 e. The van der Waals surface area contributed by atoms with Crippen molar-refractivity contribution in [2.45, 2.75) is 24.8 Å². The average molecular weight is 443 g/mol. The molecule has 1 aliphatic carbocycles. The van der Waals surface area contributed by atoms with E-state index in [1.807, 2.05) is 24.3 Å². The Labute approximate surface area is 192 Å². The fraction of sp³-hybridized carbons (Fsp3) is 0.259. The molecule has 1 heterocycles. The highest BCUT2D eigenvalue weighted by molar-refractivity contribution is 5.91. The summed E-state index contributed by atoms with van der Waals surface area (Å²) in [7, 11) is 1.45. The smallest absolute Gasteiger partial charge is 0.410 e. The van der Waals surface area contributed by atoms with Crippen LogP contribution in [0.3, 0.4) is 0 Å². The summed E-state index contributed by atoms with van der Waals surface area (Å²) in [5.74, 6) is -0.741. The van der Waals surface area contributed by atoms with Gasteiger partial charge in [-0.1, -0.05) is 54.6 Å². The molecule has 1 aliphatic heterocycles. The molecule has 3 aromatic carbocycles. The molecule has 0 bridgehead atoms. The Balaban J connectivity index is 1.34. The lowest BCUT2D eigenvalue weighted by molar-refractivity contribution is 0.0692. The standard InChI is InChI=1S/C27H25NO5/c1-32-25-15-17(12-13-22(25)26(29)30)24-11-6-14-28(24)27(31)33-16-23-20-9-4-2-7-18(20)19-8-3-5-10-21(19)23/h2-5,7-10,12-13,15,23-24H,6,11,14,16H2,1H3,(H,29,30)/t24-/m0/s1. The van der Waals surface area contributed by atoms with E-state index in [9.17, 15) is 14.7 Å². The lowest BCUT2D eigenvalue weighted by Gasteiger charge is -2.26. The Kier molecular flexibility index (Phi) is 5.50. The molecule has 0 unspecified atom stereocenters. The van der Waals surface area contributed by atoms with Crippen LogP contribution in [0.4, 0.5) is 4.79 Å². The van der Waals surface area contributed by atoms with Gasteiger partial charge >= 0.3 is 12.1 Å². The van der Waals surface area contributed by atoms with Gasteiger partial charge in [0.25, 0.3) is 0 Å². The van der Waals surface area contributed by atoms with E-state index in [-0.39, 0.29) is 30.2 Å². The molecular formula is C27H25NO5. The topological polar surface area (TPSA) is 76.1 Å². The number of benzene rings is 3. The number of hydrogen-bond acceptors (Lipinski definition) is 4. The number of carboxylic acids is 1. The summed E-state index contributed by atoms with van der Waals surface area (Å²) in [5.41, 5.74) is 5.70. The van der Waals surface area contributed by atoms with Crippen molar-refractivity contribution in [3.63, 3.8) is 0 Å². The van der Waals surface area contributed by atoms with E-state index in [1.165, 1.54) is 35.4 Å². The molecule has 1 amide bonds. The van der Waals surface area contributed by atoms with Crippen LogP contribution < -0.4 is 4.74 Å². The van der Waals surface area contributed by atoms with Gasteiger partial charge in [0, 0.05) is 12.5 Å². The molecule has 33 heavy (non-hydrogen) atoms. The Morgan fingerprint density at radius 1 is 1.00 bits per heavy atom. The number of fused-ring (bicyclic) bond motifs is 3. The maximum atomic E-state index is 13.1. The quantitative estimate of drug-likeness (QED) is 0.565. The zero-order valence-electron chi connectivity index (χ0n) is 18.4. The van der Waals surface area contributed by atoms with Crippen LogP contribution in [0.2, 0.25) is 0 Å². The van der Waals surface area contributed by atoms with E-state index in [1.54, 1.807) is 17.0 Å². The summed E-state index contributed by atoms with van der Waals surface area (Å²) in [6.07, 6.45) is 1.30. The fourth-order valence-corrected chi connectivity index (χ4v) is 5.10. The molecule has 6 heteroatoms. The maximum absolute atomic E-state index is 13.1. The Morgan fingerprint density at radius 3 is 2.30 bits per heavy atom. The molecule has 1 atom stereocenters. The second-order valence-electron chi connectivity index (χ2n) is 8.42. The van der Waals surface area contributed by atoms with Crippen LogP contribution in [0.15, 0.2) is 66.7 Å². The van der Waals surface area contributed by atoms with Crippen molar-refractivity contribution in [2.24, 2.45) is 0 Å². The fourth-order valence-electron chi connectivity index (χ4n) is 5.10. The number of carbonyl (C=O) groups is 2. The molecule has 0 radical (unpaired) electrons. The summed E-state index contributed by atoms with van der Waals surface area (Å²) >= 11 is 0. The summed E-state index contributed by atoms with van der Waals surface area (Å²) < 4.78 is 11.1. The first-order valence-electron chi connectivity index (χ1n) is 11.1. The van der Waals surface area contributed by atoms with Gasteiger partial charge in [-0.25, -0.2) is 9.59 Å². The zero-order valence-corrected chi connectivity index (χ0v) is 18.4. The number of amides is 1. The highest BCUT2D eigenvalue weighted by atomic mass is 16.6. The van der Waals surface area contributed by atoms with E-state index in [4.69, 9.17) is 9.47 Å². The first-order chi connectivity index (χ1) is 16.1. The van der Waals surface area contributed by atoms with Crippen molar-refractivity contribution >= 4 is 12.1 Å². The Hall–Kier alpha value is -3.80. The van der Waals surface area contributed by atoms with Gasteiger partial charge < -0.3 is 19.5 Å². The molecule has 0 saturated carbocycles. The monoisotopic (exact) mass is 443 g/mol. The van der Waals surface area contributed by atoms with Gasteiger partial charge in [0.1, 0.15) is 17.9 Å². The van der Waals surface area contributed by atoms with Crippen molar-refractivity contribution in [1.29, 1.82) is 0 Å². The number of carboxylic acid groups (broad SMARTS) is 1. The molecule has 0 spiro atoms. The van der Waals surface area contributed by atoms with E-state index in [0.29, 0.717) is 12.3 Å². The lowest BCUT2D eigenvalue weighted by Crippen LogP contribution is -2.32. The van der Waals surface area contributed by atoms with Crippen molar-refractivity contribution in [3.8, 4) is 16.9 Å². The van der Waals surface area contributed by atoms with Gasteiger partial charge in [0.15, 0.2) is 0 Å². The molecule has 6 nitrogen and oxygen atoms in total. The summed E-state index contributed by atoms with van der Waals surface area (Å²) in [6.45, 7) is 0.877. The van der Waals surface area contributed by atoms with Gasteiger partial charge in [-0.15, -0.1) is 0 Å². The first-order valence-corrected chi connectivity index (χ1v) is 11.1. The molecule has 1 fully saturated rings. The van der Waals surface area contributed by atoms with Crippen molar-refractivity contribution < 1.29 is 24.2 Å². The van der Waals surface area contributed by atoms with Crippen molar-refractivity contribution in [1.82, 2.24) is 4.90 Å². The molecule has 3 aromatic rings.